The highest BCUT2D eigenvalue weighted by Crippen LogP contribution is 2.18. The molecule has 1 aromatic heterocycles. The molecule has 0 aromatic carbocycles. The minimum Gasteiger partial charge on any atom is -0.389 e. The van der Waals surface area contributed by atoms with Crippen LogP contribution in [0.15, 0.2) is 0 Å². The predicted octanol–water partition coefficient (Wildman–Crippen LogP) is -0.334. The summed E-state index contributed by atoms with van der Waals surface area (Å²) in [6.45, 7) is 2.06. The second-order valence-electron chi connectivity index (χ2n) is 4.32. The Morgan fingerprint density at radius 1 is 1.53 bits per heavy atom. The number of aryl methyl sites for hydroxylation is 2. The van der Waals surface area contributed by atoms with Gasteiger partial charge in [-0.3, -0.25) is 4.68 Å². The van der Waals surface area contributed by atoms with Crippen LogP contribution in [0.1, 0.15) is 11.3 Å². The first-order valence-corrected chi connectivity index (χ1v) is 7.66. The van der Waals surface area contributed by atoms with E-state index in [0.29, 0.717) is 17.1 Å². The van der Waals surface area contributed by atoms with E-state index in [0.717, 1.165) is 0 Å². The van der Waals surface area contributed by atoms with E-state index in [1.165, 1.54) is 18.4 Å². The molecule has 0 aliphatic heterocycles. The number of rotatable bonds is 6. The van der Waals surface area contributed by atoms with Crippen molar-refractivity contribution in [2.24, 2.45) is 12.8 Å². The molecule has 0 spiro atoms. The van der Waals surface area contributed by atoms with Gasteiger partial charge in [-0.05, 0) is 6.92 Å². The van der Waals surface area contributed by atoms with Crippen LogP contribution in [0.3, 0.4) is 0 Å². The van der Waals surface area contributed by atoms with Crippen molar-refractivity contribution in [2.75, 3.05) is 31.7 Å². The van der Waals surface area contributed by atoms with E-state index >= 15 is 0 Å². The third-order valence-electron chi connectivity index (χ3n) is 2.68. The summed E-state index contributed by atoms with van der Waals surface area (Å²) >= 11 is 4.97. The largest absolute Gasteiger partial charge is 0.389 e. The summed E-state index contributed by atoms with van der Waals surface area (Å²) in [6, 6.07) is 0. The molecule has 1 heterocycles. The molecular formula is C10H19N5O2S2. The molecular weight excluding hydrogens is 286 g/mol. The molecule has 0 bridgehead atoms. The predicted molar refractivity (Wildman–Crippen MR) is 79.8 cm³/mol. The van der Waals surface area contributed by atoms with Crippen LogP contribution in [0.5, 0.6) is 0 Å². The molecule has 3 N–H and O–H groups in total. The highest BCUT2D eigenvalue weighted by molar-refractivity contribution is 7.89. The monoisotopic (exact) mass is 305 g/mol. The third-order valence-corrected chi connectivity index (χ3v) is 4.71. The number of hydrogen-bond donors (Lipinski definition) is 2. The molecule has 1 aromatic rings. The molecule has 0 saturated heterocycles. The van der Waals surface area contributed by atoms with Crippen LogP contribution in [-0.4, -0.2) is 53.9 Å². The Hall–Kier alpha value is -1.19. The summed E-state index contributed by atoms with van der Waals surface area (Å²) in [5.74, 6) is 0.625. The van der Waals surface area contributed by atoms with Crippen molar-refractivity contribution in [1.82, 2.24) is 14.1 Å². The van der Waals surface area contributed by atoms with Gasteiger partial charge in [0.2, 0.25) is 10.0 Å². The summed E-state index contributed by atoms with van der Waals surface area (Å²) in [5, 5.41) is 7.23. The smallest absolute Gasteiger partial charge is 0.215 e. The van der Waals surface area contributed by atoms with Crippen molar-refractivity contribution in [3.8, 4) is 0 Å². The minimum atomic E-state index is -3.23. The van der Waals surface area contributed by atoms with Gasteiger partial charge in [0.15, 0.2) is 0 Å². The van der Waals surface area contributed by atoms with Gasteiger partial charge < -0.3 is 11.1 Å². The number of aromatic nitrogens is 2. The number of nitrogens with two attached hydrogens (primary N) is 1. The maximum Gasteiger partial charge on any atom is 0.215 e. The van der Waals surface area contributed by atoms with Gasteiger partial charge in [0.25, 0.3) is 0 Å². The first-order valence-electron chi connectivity index (χ1n) is 5.64. The Kier molecular flexibility index (Phi) is 4.88. The van der Waals surface area contributed by atoms with Gasteiger partial charge in [0.1, 0.15) is 10.8 Å². The first-order chi connectivity index (χ1) is 8.66. The number of nitrogens with zero attached hydrogens (tertiary/aromatic N) is 3. The van der Waals surface area contributed by atoms with Crippen molar-refractivity contribution in [2.45, 2.75) is 6.92 Å². The summed E-state index contributed by atoms with van der Waals surface area (Å²) in [7, 11) is 1.53. The summed E-state index contributed by atoms with van der Waals surface area (Å²) < 4.78 is 26.1. The Balaban J connectivity index is 2.82. The van der Waals surface area contributed by atoms with Crippen LogP contribution in [0.4, 0.5) is 5.82 Å². The second kappa shape index (κ2) is 5.85. The van der Waals surface area contributed by atoms with Crippen molar-refractivity contribution in [1.29, 1.82) is 0 Å². The maximum absolute atomic E-state index is 11.6. The van der Waals surface area contributed by atoms with Gasteiger partial charge in [-0.1, -0.05) is 12.2 Å². The van der Waals surface area contributed by atoms with Crippen LogP contribution in [-0.2, 0) is 17.1 Å². The quantitative estimate of drug-likeness (QED) is 0.699. The third kappa shape index (κ3) is 3.64. The lowest BCUT2D eigenvalue weighted by Gasteiger charge is -2.13. The topological polar surface area (TPSA) is 93.2 Å². The average molecular weight is 305 g/mol. The molecule has 7 nitrogen and oxygen atoms in total. The van der Waals surface area contributed by atoms with Crippen molar-refractivity contribution in [3.63, 3.8) is 0 Å². The zero-order chi connectivity index (χ0) is 14.8. The van der Waals surface area contributed by atoms with E-state index in [9.17, 15) is 8.42 Å². The van der Waals surface area contributed by atoms with E-state index < -0.39 is 10.0 Å². The highest BCUT2D eigenvalue weighted by atomic mass is 32.2. The van der Waals surface area contributed by atoms with E-state index in [1.807, 2.05) is 0 Å². The Bertz CT molecular complexity index is 577. The molecule has 0 atom stereocenters. The number of hydrogen-bond acceptors (Lipinski definition) is 5. The Morgan fingerprint density at radius 2 is 2.11 bits per heavy atom. The van der Waals surface area contributed by atoms with E-state index in [4.69, 9.17) is 18.0 Å². The molecule has 0 aliphatic rings. The number of anilines is 1. The fourth-order valence-electron chi connectivity index (χ4n) is 1.64. The SMILES string of the molecule is Cc1nn(C)c(NCCS(=O)(=O)N(C)C)c1C(N)=S. The van der Waals surface area contributed by atoms with Crippen molar-refractivity contribution < 1.29 is 8.42 Å². The molecule has 0 radical (unpaired) electrons. The van der Waals surface area contributed by atoms with Crippen LogP contribution >= 0.6 is 12.2 Å². The van der Waals surface area contributed by atoms with Crippen LogP contribution < -0.4 is 11.1 Å². The first kappa shape index (κ1) is 15.9. The van der Waals surface area contributed by atoms with E-state index in [2.05, 4.69) is 10.4 Å². The molecule has 0 amide bonds. The minimum absolute atomic E-state index is 0.0129. The molecule has 108 valence electrons. The van der Waals surface area contributed by atoms with E-state index in [1.54, 1.807) is 18.7 Å². The van der Waals surface area contributed by atoms with Crippen molar-refractivity contribution in [3.05, 3.63) is 11.3 Å². The number of nitrogens with one attached hydrogen (secondary N) is 1. The number of thiocarbonyl (C=S) groups is 1. The number of sulfonamides is 1. The summed E-state index contributed by atoms with van der Waals surface area (Å²) in [6.07, 6.45) is 0. The van der Waals surface area contributed by atoms with Gasteiger partial charge in [0.05, 0.1) is 17.0 Å². The van der Waals surface area contributed by atoms with Crippen LogP contribution in [0.25, 0.3) is 0 Å². The molecule has 19 heavy (non-hydrogen) atoms. The lowest BCUT2D eigenvalue weighted by molar-refractivity contribution is 0.521. The molecule has 0 fully saturated rings. The summed E-state index contributed by atoms with van der Waals surface area (Å²) in [4.78, 5) is 0.239. The molecule has 1 rings (SSSR count). The molecule has 0 saturated carbocycles. The zero-order valence-electron chi connectivity index (χ0n) is 11.5. The van der Waals surface area contributed by atoms with Gasteiger partial charge in [0, 0.05) is 27.7 Å². The van der Waals surface area contributed by atoms with Crippen molar-refractivity contribution >= 4 is 33.0 Å². The Labute approximate surface area is 118 Å². The second-order valence-corrected chi connectivity index (χ2v) is 7.06. The summed E-state index contributed by atoms with van der Waals surface area (Å²) in [5.41, 5.74) is 7.01. The normalized spacial score (nSPS) is 11.8. The molecule has 0 unspecified atom stereocenters. The molecule has 9 heteroatoms. The standard InChI is InChI=1S/C10H19N5O2S2/c1-7-8(9(11)18)10(15(4)13-7)12-5-6-19(16,17)14(2)3/h12H,5-6H2,1-4H3,(H2,11,18). The highest BCUT2D eigenvalue weighted by Gasteiger charge is 2.17. The fraction of sp³-hybridized carbons (Fsp3) is 0.600. The van der Waals surface area contributed by atoms with Gasteiger partial charge in [-0.15, -0.1) is 0 Å². The zero-order valence-corrected chi connectivity index (χ0v) is 13.1. The average Bonchev–Trinajstić information content (AvgIpc) is 2.53. The maximum atomic E-state index is 11.6. The van der Waals surface area contributed by atoms with Crippen LogP contribution in [0, 0.1) is 6.92 Å². The van der Waals surface area contributed by atoms with Gasteiger partial charge >= 0.3 is 0 Å². The van der Waals surface area contributed by atoms with E-state index in [-0.39, 0.29) is 17.3 Å². The molecule has 0 aliphatic carbocycles. The van der Waals surface area contributed by atoms with Crippen LogP contribution in [0.2, 0.25) is 0 Å². The van der Waals surface area contributed by atoms with Gasteiger partial charge in [-0.25, -0.2) is 12.7 Å². The fourth-order valence-corrected chi connectivity index (χ4v) is 2.61. The lowest BCUT2D eigenvalue weighted by Crippen LogP contribution is -2.29. The Morgan fingerprint density at radius 3 is 2.58 bits per heavy atom. The van der Waals surface area contributed by atoms with Gasteiger partial charge in [-0.2, -0.15) is 5.10 Å². The lowest BCUT2D eigenvalue weighted by atomic mass is 10.2.